The van der Waals surface area contributed by atoms with Gasteiger partial charge in [0.25, 0.3) is 0 Å². The first-order valence-electron chi connectivity index (χ1n) is 8.77. The van der Waals surface area contributed by atoms with E-state index in [0.29, 0.717) is 17.1 Å². The Labute approximate surface area is 124 Å². The average Bonchev–Trinajstić information content (AvgIpc) is 2.49. The van der Waals surface area contributed by atoms with E-state index in [2.05, 4.69) is 24.1 Å². The lowest BCUT2D eigenvalue weighted by atomic mass is 9.76. The first-order valence-corrected chi connectivity index (χ1v) is 8.77. The number of rotatable bonds is 2. The van der Waals surface area contributed by atoms with Gasteiger partial charge < -0.3 is 10.1 Å². The van der Waals surface area contributed by atoms with Gasteiger partial charge in [0.05, 0.1) is 0 Å². The lowest BCUT2D eigenvalue weighted by Crippen LogP contribution is -2.69. The van der Waals surface area contributed by atoms with Gasteiger partial charge in [-0.25, -0.2) is 0 Å². The molecule has 3 heteroatoms. The van der Waals surface area contributed by atoms with Gasteiger partial charge >= 0.3 is 0 Å². The number of piperazine rings is 1. The summed E-state index contributed by atoms with van der Waals surface area (Å²) in [7, 11) is 0. The van der Waals surface area contributed by atoms with Crippen molar-refractivity contribution < 1.29 is 4.74 Å². The second kappa shape index (κ2) is 5.94. The SMILES string of the molecule is CCC1CNC2(CCCCC2)CN1C1(C)CCOCC1. The highest BCUT2D eigenvalue weighted by atomic mass is 16.5. The van der Waals surface area contributed by atoms with Crippen molar-refractivity contribution in [2.45, 2.75) is 82.3 Å². The van der Waals surface area contributed by atoms with Crippen LogP contribution in [-0.4, -0.2) is 48.3 Å². The molecule has 1 aliphatic carbocycles. The van der Waals surface area contributed by atoms with Crippen molar-refractivity contribution in [1.82, 2.24) is 10.2 Å². The smallest absolute Gasteiger partial charge is 0.0483 e. The van der Waals surface area contributed by atoms with Crippen LogP contribution in [0.3, 0.4) is 0 Å². The Morgan fingerprint density at radius 1 is 1.10 bits per heavy atom. The number of nitrogens with zero attached hydrogens (tertiary/aromatic N) is 1. The molecular formula is C17H32N2O. The Kier molecular flexibility index (Phi) is 4.40. The van der Waals surface area contributed by atoms with Crippen LogP contribution in [0.2, 0.25) is 0 Å². The van der Waals surface area contributed by atoms with Crippen molar-refractivity contribution >= 4 is 0 Å². The number of ether oxygens (including phenoxy) is 1. The van der Waals surface area contributed by atoms with E-state index in [1.807, 2.05) is 0 Å². The molecule has 0 radical (unpaired) electrons. The van der Waals surface area contributed by atoms with E-state index in [1.165, 1.54) is 64.5 Å². The van der Waals surface area contributed by atoms with E-state index < -0.39 is 0 Å². The van der Waals surface area contributed by atoms with Crippen LogP contribution in [-0.2, 0) is 4.74 Å². The standard InChI is InChI=1S/C17H32N2O/c1-3-15-13-18-17(7-5-4-6-8-17)14-19(15)16(2)9-11-20-12-10-16/h15,18H,3-14H2,1-2H3. The molecule has 20 heavy (non-hydrogen) atoms. The Hall–Kier alpha value is -0.120. The summed E-state index contributed by atoms with van der Waals surface area (Å²) in [4.78, 5) is 2.87. The van der Waals surface area contributed by atoms with Crippen LogP contribution in [0.4, 0.5) is 0 Å². The highest BCUT2D eigenvalue weighted by Gasteiger charge is 2.46. The summed E-state index contributed by atoms with van der Waals surface area (Å²) in [5.41, 5.74) is 0.788. The minimum absolute atomic E-state index is 0.367. The molecule has 3 nitrogen and oxygen atoms in total. The Morgan fingerprint density at radius 2 is 1.80 bits per heavy atom. The van der Waals surface area contributed by atoms with Gasteiger partial charge in [-0.2, -0.15) is 0 Å². The molecule has 116 valence electrons. The van der Waals surface area contributed by atoms with Gasteiger partial charge in [-0.15, -0.1) is 0 Å². The summed E-state index contributed by atoms with van der Waals surface area (Å²) < 4.78 is 5.62. The Balaban J connectivity index is 1.77. The summed E-state index contributed by atoms with van der Waals surface area (Å²) in [6, 6.07) is 0.714. The van der Waals surface area contributed by atoms with E-state index in [1.54, 1.807) is 0 Å². The fourth-order valence-corrected chi connectivity index (χ4v) is 4.61. The van der Waals surface area contributed by atoms with Crippen molar-refractivity contribution in [2.24, 2.45) is 0 Å². The van der Waals surface area contributed by atoms with Gasteiger partial charge in [0, 0.05) is 43.4 Å². The predicted molar refractivity (Wildman–Crippen MR) is 83.1 cm³/mol. The van der Waals surface area contributed by atoms with Crippen molar-refractivity contribution in [3.05, 3.63) is 0 Å². The molecule has 0 aromatic heterocycles. The number of hydrogen-bond donors (Lipinski definition) is 1. The summed E-state index contributed by atoms with van der Waals surface area (Å²) in [6.45, 7) is 9.18. The monoisotopic (exact) mass is 280 g/mol. The van der Waals surface area contributed by atoms with Crippen LogP contribution in [0, 0.1) is 0 Å². The van der Waals surface area contributed by atoms with Crippen LogP contribution < -0.4 is 5.32 Å². The molecule has 2 saturated heterocycles. The Bertz CT molecular complexity index is 319. The maximum absolute atomic E-state index is 5.62. The van der Waals surface area contributed by atoms with Crippen molar-refractivity contribution in [2.75, 3.05) is 26.3 Å². The van der Waals surface area contributed by atoms with E-state index in [0.717, 1.165) is 13.2 Å². The molecule has 0 bridgehead atoms. The number of nitrogens with one attached hydrogen (secondary N) is 1. The zero-order valence-corrected chi connectivity index (χ0v) is 13.4. The molecule has 2 aliphatic heterocycles. The van der Waals surface area contributed by atoms with Crippen molar-refractivity contribution in [3.63, 3.8) is 0 Å². The van der Waals surface area contributed by atoms with Gasteiger partial charge in [0.15, 0.2) is 0 Å². The molecule has 3 rings (SSSR count). The number of hydrogen-bond acceptors (Lipinski definition) is 3. The van der Waals surface area contributed by atoms with Crippen LogP contribution in [0.5, 0.6) is 0 Å². The second-order valence-corrected chi connectivity index (χ2v) is 7.52. The minimum Gasteiger partial charge on any atom is -0.381 e. The van der Waals surface area contributed by atoms with Crippen molar-refractivity contribution in [1.29, 1.82) is 0 Å². The average molecular weight is 280 g/mol. The quantitative estimate of drug-likeness (QED) is 0.841. The molecule has 1 unspecified atom stereocenters. The summed E-state index contributed by atoms with van der Waals surface area (Å²) in [5.74, 6) is 0. The third-order valence-corrected chi connectivity index (χ3v) is 6.17. The Morgan fingerprint density at radius 3 is 2.45 bits per heavy atom. The predicted octanol–water partition coefficient (Wildman–Crippen LogP) is 2.94. The van der Waals surface area contributed by atoms with Crippen LogP contribution in [0.1, 0.15) is 65.2 Å². The van der Waals surface area contributed by atoms with Crippen LogP contribution in [0.15, 0.2) is 0 Å². The topological polar surface area (TPSA) is 24.5 Å². The fraction of sp³-hybridized carbons (Fsp3) is 1.00. The van der Waals surface area contributed by atoms with E-state index >= 15 is 0 Å². The fourth-order valence-electron chi connectivity index (χ4n) is 4.61. The summed E-state index contributed by atoms with van der Waals surface area (Å²) in [6.07, 6.45) is 10.7. The first kappa shape index (κ1) is 14.8. The maximum atomic E-state index is 5.62. The van der Waals surface area contributed by atoms with E-state index in [-0.39, 0.29) is 0 Å². The zero-order valence-electron chi connectivity index (χ0n) is 13.4. The van der Waals surface area contributed by atoms with E-state index in [4.69, 9.17) is 4.74 Å². The maximum Gasteiger partial charge on any atom is 0.0483 e. The third-order valence-electron chi connectivity index (χ3n) is 6.17. The van der Waals surface area contributed by atoms with Gasteiger partial charge in [0.2, 0.25) is 0 Å². The van der Waals surface area contributed by atoms with Gasteiger partial charge in [0.1, 0.15) is 0 Å². The normalized spacial score (nSPS) is 34.2. The molecule has 1 N–H and O–H groups in total. The van der Waals surface area contributed by atoms with Gasteiger partial charge in [-0.1, -0.05) is 26.2 Å². The molecule has 3 aliphatic rings. The van der Waals surface area contributed by atoms with Crippen LogP contribution >= 0.6 is 0 Å². The molecule has 3 fully saturated rings. The molecule has 0 amide bonds. The molecular weight excluding hydrogens is 248 g/mol. The highest BCUT2D eigenvalue weighted by Crippen LogP contribution is 2.38. The molecule has 2 heterocycles. The third kappa shape index (κ3) is 2.77. The molecule has 0 aromatic rings. The zero-order chi connectivity index (χ0) is 14.1. The van der Waals surface area contributed by atoms with Crippen molar-refractivity contribution in [3.8, 4) is 0 Å². The van der Waals surface area contributed by atoms with Gasteiger partial charge in [-0.3, -0.25) is 4.90 Å². The first-order chi connectivity index (χ1) is 9.68. The lowest BCUT2D eigenvalue weighted by molar-refractivity contribution is -0.0729. The molecule has 1 saturated carbocycles. The van der Waals surface area contributed by atoms with E-state index in [9.17, 15) is 0 Å². The summed E-state index contributed by atoms with van der Waals surface area (Å²) >= 11 is 0. The van der Waals surface area contributed by atoms with Gasteiger partial charge in [-0.05, 0) is 39.0 Å². The molecule has 1 atom stereocenters. The summed E-state index contributed by atoms with van der Waals surface area (Å²) in [5, 5.41) is 3.95. The minimum atomic E-state index is 0.367. The highest BCUT2D eigenvalue weighted by molar-refractivity contribution is 5.04. The lowest BCUT2D eigenvalue weighted by Gasteiger charge is -2.56. The molecule has 1 spiro atoms. The molecule has 0 aromatic carbocycles. The van der Waals surface area contributed by atoms with Crippen LogP contribution in [0.25, 0.3) is 0 Å². The largest absolute Gasteiger partial charge is 0.381 e. The second-order valence-electron chi connectivity index (χ2n) is 7.52.